The standard InChI is InChI=1S/C28H33F2N5O/c29-23-11-8-12-24(30)27(23)28(36)33-22-10-7-9-21(19-22)25(14-18-35-16-5-6-17-35)34-26-13-3-1-2-4-15-31-20-32-26/h3-4,7-11,13,15,19-20,24-25H,1-2,5-6,12,14,16-18H2,(H,33,36)(H,31,32,34)/b13-3-,15-4-. The highest BCUT2D eigenvalue weighted by atomic mass is 19.1. The number of nitrogens with one attached hydrogen (secondary N) is 2. The number of amides is 1. The number of hydrogen-bond acceptors (Lipinski definition) is 4. The number of halogens is 2. The fourth-order valence-electron chi connectivity index (χ4n) is 4.50. The topological polar surface area (TPSA) is 69.1 Å². The maximum absolute atomic E-state index is 14.2. The van der Waals surface area contributed by atoms with E-state index in [1.807, 2.05) is 30.4 Å². The van der Waals surface area contributed by atoms with Crippen molar-refractivity contribution >= 4 is 23.8 Å². The average Bonchev–Trinajstić information content (AvgIpc) is 3.39. The number of carbonyl (C=O) groups excluding carboxylic acids is 1. The molecule has 1 aliphatic carbocycles. The lowest BCUT2D eigenvalue weighted by Crippen LogP contribution is -2.24. The molecule has 1 saturated heterocycles. The number of amidine groups is 1. The van der Waals surface area contributed by atoms with E-state index in [-0.39, 0.29) is 12.5 Å². The van der Waals surface area contributed by atoms with Crippen molar-refractivity contribution in [2.75, 3.05) is 25.0 Å². The van der Waals surface area contributed by atoms with E-state index in [4.69, 9.17) is 4.99 Å². The third kappa shape index (κ3) is 7.31. The van der Waals surface area contributed by atoms with Crippen LogP contribution < -0.4 is 10.6 Å². The zero-order chi connectivity index (χ0) is 25.2. The Morgan fingerprint density at radius 1 is 1.19 bits per heavy atom. The van der Waals surface area contributed by atoms with Gasteiger partial charge in [0.15, 0.2) is 0 Å². The number of rotatable bonds is 7. The quantitative estimate of drug-likeness (QED) is 0.523. The Hall–Kier alpha value is -3.39. The Balaban J connectivity index is 1.56. The maximum Gasteiger partial charge on any atom is 0.257 e. The SMILES string of the molecule is O=C(Nc1cccc(C(CCN2CCCC2)N=C2/C=C\CC/C=C\N=CN2)c1)C1=C(F)C=CCC1F. The van der Waals surface area contributed by atoms with Gasteiger partial charge in [-0.1, -0.05) is 30.4 Å². The molecular weight excluding hydrogens is 460 g/mol. The van der Waals surface area contributed by atoms with Gasteiger partial charge in [0.1, 0.15) is 17.8 Å². The third-order valence-corrected chi connectivity index (χ3v) is 6.42. The normalized spacial score (nSPS) is 24.4. The van der Waals surface area contributed by atoms with Crippen LogP contribution >= 0.6 is 0 Å². The Labute approximate surface area is 211 Å². The van der Waals surface area contributed by atoms with Gasteiger partial charge in [0.25, 0.3) is 5.91 Å². The van der Waals surface area contributed by atoms with Crippen LogP contribution in [0, 0.1) is 0 Å². The molecule has 2 atom stereocenters. The lowest BCUT2D eigenvalue weighted by atomic mass is 10.0. The molecule has 6 nitrogen and oxygen atoms in total. The average molecular weight is 494 g/mol. The largest absolute Gasteiger partial charge is 0.331 e. The van der Waals surface area contributed by atoms with Crippen molar-refractivity contribution in [1.29, 1.82) is 0 Å². The molecule has 190 valence electrons. The summed E-state index contributed by atoms with van der Waals surface area (Å²) in [6, 6.07) is 7.17. The minimum Gasteiger partial charge on any atom is -0.331 e. The van der Waals surface area contributed by atoms with Crippen molar-refractivity contribution in [2.45, 2.75) is 50.7 Å². The van der Waals surface area contributed by atoms with Gasteiger partial charge in [-0.2, -0.15) is 0 Å². The molecule has 1 fully saturated rings. The molecule has 0 radical (unpaired) electrons. The zero-order valence-electron chi connectivity index (χ0n) is 20.4. The molecular formula is C28H33F2N5O. The Bertz CT molecular complexity index is 1100. The fourth-order valence-corrected chi connectivity index (χ4v) is 4.50. The summed E-state index contributed by atoms with van der Waals surface area (Å²) in [6.07, 6.45) is 15.3. The monoisotopic (exact) mass is 493 g/mol. The molecule has 0 bridgehead atoms. The van der Waals surface area contributed by atoms with Crippen LogP contribution in [0.5, 0.6) is 0 Å². The van der Waals surface area contributed by atoms with Crippen LogP contribution in [0.1, 0.15) is 50.1 Å². The van der Waals surface area contributed by atoms with Crippen molar-refractivity contribution in [3.05, 3.63) is 77.8 Å². The van der Waals surface area contributed by atoms with Crippen LogP contribution in [0.3, 0.4) is 0 Å². The molecule has 1 amide bonds. The van der Waals surface area contributed by atoms with Gasteiger partial charge >= 0.3 is 0 Å². The minimum atomic E-state index is -1.65. The summed E-state index contributed by atoms with van der Waals surface area (Å²) in [5, 5.41) is 5.83. The summed E-state index contributed by atoms with van der Waals surface area (Å²) in [5.74, 6) is -0.887. The van der Waals surface area contributed by atoms with Crippen LogP contribution in [0.4, 0.5) is 14.5 Å². The smallest absolute Gasteiger partial charge is 0.257 e. The molecule has 0 saturated carbocycles. The number of hydrogen-bond donors (Lipinski definition) is 2. The number of nitrogens with zero attached hydrogens (tertiary/aromatic N) is 3. The predicted molar refractivity (Wildman–Crippen MR) is 141 cm³/mol. The van der Waals surface area contributed by atoms with E-state index >= 15 is 0 Å². The van der Waals surface area contributed by atoms with Gasteiger partial charge in [0.05, 0.1) is 18.0 Å². The number of aliphatic imine (C=N–C) groups is 2. The highest BCUT2D eigenvalue weighted by Crippen LogP contribution is 2.28. The van der Waals surface area contributed by atoms with Gasteiger partial charge in [-0.3, -0.25) is 9.79 Å². The molecule has 4 rings (SSSR count). The number of anilines is 1. The minimum absolute atomic E-state index is 0.00804. The first-order valence-corrected chi connectivity index (χ1v) is 12.6. The third-order valence-electron chi connectivity index (χ3n) is 6.42. The van der Waals surface area contributed by atoms with Crippen molar-refractivity contribution in [2.24, 2.45) is 9.98 Å². The number of likely N-dealkylation sites (tertiary alicyclic amines) is 1. The summed E-state index contributed by atoms with van der Waals surface area (Å²) >= 11 is 0. The summed E-state index contributed by atoms with van der Waals surface area (Å²) in [6.45, 7) is 3.10. The van der Waals surface area contributed by atoms with E-state index < -0.39 is 23.5 Å². The molecule has 2 N–H and O–H groups in total. The van der Waals surface area contributed by atoms with E-state index in [1.54, 1.807) is 18.6 Å². The lowest BCUT2D eigenvalue weighted by Gasteiger charge is -2.20. The van der Waals surface area contributed by atoms with Gasteiger partial charge in [0.2, 0.25) is 0 Å². The molecule has 8 heteroatoms. The van der Waals surface area contributed by atoms with Crippen LogP contribution in [0.15, 0.2) is 82.2 Å². The molecule has 0 spiro atoms. The molecule has 1 aromatic rings. The van der Waals surface area contributed by atoms with Gasteiger partial charge in [-0.25, -0.2) is 13.8 Å². The molecule has 0 aromatic heterocycles. The fraction of sp³-hybridized carbons (Fsp3) is 0.393. The predicted octanol–water partition coefficient (Wildman–Crippen LogP) is 5.55. The highest BCUT2D eigenvalue weighted by Gasteiger charge is 2.26. The molecule has 2 unspecified atom stereocenters. The lowest BCUT2D eigenvalue weighted by molar-refractivity contribution is -0.113. The van der Waals surface area contributed by atoms with Gasteiger partial charge in [0, 0.05) is 24.9 Å². The van der Waals surface area contributed by atoms with Crippen molar-refractivity contribution in [3.63, 3.8) is 0 Å². The van der Waals surface area contributed by atoms with E-state index in [9.17, 15) is 13.6 Å². The van der Waals surface area contributed by atoms with E-state index in [2.05, 4.69) is 26.6 Å². The van der Waals surface area contributed by atoms with Crippen LogP contribution in [0.2, 0.25) is 0 Å². The van der Waals surface area contributed by atoms with Crippen molar-refractivity contribution in [3.8, 4) is 0 Å². The second-order valence-corrected chi connectivity index (χ2v) is 9.10. The van der Waals surface area contributed by atoms with Gasteiger partial charge < -0.3 is 15.5 Å². The first kappa shape index (κ1) is 25.7. The molecule has 3 aliphatic rings. The summed E-state index contributed by atoms with van der Waals surface area (Å²) in [5.41, 5.74) is 0.934. The second-order valence-electron chi connectivity index (χ2n) is 9.10. The number of alkyl halides is 1. The molecule has 2 aliphatic heterocycles. The van der Waals surface area contributed by atoms with Gasteiger partial charge in [-0.05, 0) is 75.0 Å². The van der Waals surface area contributed by atoms with Crippen molar-refractivity contribution in [1.82, 2.24) is 10.2 Å². The molecule has 2 heterocycles. The number of allylic oxidation sites excluding steroid dienone is 5. The summed E-state index contributed by atoms with van der Waals surface area (Å²) in [4.78, 5) is 24.3. The summed E-state index contributed by atoms with van der Waals surface area (Å²) < 4.78 is 28.3. The first-order chi connectivity index (χ1) is 17.6. The Morgan fingerprint density at radius 2 is 2.03 bits per heavy atom. The van der Waals surface area contributed by atoms with Crippen LogP contribution in [-0.4, -0.2) is 48.8 Å². The Morgan fingerprint density at radius 3 is 2.86 bits per heavy atom. The first-order valence-electron chi connectivity index (χ1n) is 12.6. The maximum atomic E-state index is 14.2. The highest BCUT2D eigenvalue weighted by molar-refractivity contribution is 6.05. The van der Waals surface area contributed by atoms with E-state index in [1.165, 1.54) is 18.9 Å². The molecule has 36 heavy (non-hydrogen) atoms. The van der Waals surface area contributed by atoms with Crippen LogP contribution in [0.25, 0.3) is 0 Å². The number of benzene rings is 1. The molecule has 1 aromatic carbocycles. The van der Waals surface area contributed by atoms with Crippen molar-refractivity contribution < 1.29 is 13.6 Å². The number of carbonyl (C=O) groups is 1. The second kappa shape index (κ2) is 13.1. The van der Waals surface area contributed by atoms with Gasteiger partial charge in [-0.15, -0.1) is 0 Å². The zero-order valence-corrected chi connectivity index (χ0v) is 20.4. The Kier molecular flexibility index (Phi) is 9.33. The van der Waals surface area contributed by atoms with E-state index in [0.29, 0.717) is 11.5 Å². The van der Waals surface area contributed by atoms with E-state index in [0.717, 1.165) is 50.5 Å². The van der Waals surface area contributed by atoms with Crippen LogP contribution in [-0.2, 0) is 4.79 Å². The summed E-state index contributed by atoms with van der Waals surface area (Å²) in [7, 11) is 0.